The third kappa shape index (κ3) is 5.60. The van der Waals surface area contributed by atoms with Gasteiger partial charge in [0.05, 0.1) is 5.02 Å². The van der Waals surface area contributed by atoms with Gasteiger partial charge >= 0.3 is 5.97 Å². The summed E-state index contributed by atoms with van der Waals surface area (Å²) in [5.74, 6) is -0.916. The molecule has 0 radical (unpaired) electrons. The Morgan fingerprint density at radius 3 is 2.49 bits per heavy atom. The molecule has 0 aliphatic heterocycles. The SMILES string of the molecule is CCCc1c(-c2ccccc2)c(-c2ccc(Cl)c(F)c2)nn1CC1CCC(C(OC)C(=O)O)CC1. The fourth-order valence-electron chi connectivity index (χ4n) is 5.31. The molecule has 0 saturated heterocycles. The van der Waals surface area contributed by atoms with Crippen molar-refractivity contribution in [2.75, 3.05) is 7.11 Å². The van der Waals surface area contributed by atoms with Crippen molar-refractivity contribution in [2.24, 2.45) is 11.8 Å². The van der Waals surface area contributed by atoms with Crippen LogP contribution in [0.4, 0.5) is 4.39 Å². The number of nitrogens with zero attached hydrogens (tertiary/aromatic N) is 2. The highest BCUT2D eigenvalue weighted by Gasteiger charge is 2.33. The summed E-state index contributed by atoms with van der Waals surface area (Å²) < 4.78 is 21.7. The first kappa shape index (κ1) is 25.4. The van der Waals surface area contributed by atoms with Gasteiger partial charge in [0.15, 0.2) is 6.10 Å². The highest BCUT2D eigenvalue weighted by atomic mass is 35.5. The van der Waals surface area contributed by atoms with Crippen LogP contribution in [0.3, 0.4) is 0 Å². The zero-order valence-corrected chi connectivity index (χ0v) is 21.0. The van der Waals surface area contributed by atoms with E-state index < -0.39 is 17.9 Å². The van der Waals surface area contributed by atoms with Crippen LogP contribution in [0.15, 0.2) is 48.5 Å². The number of carbonyl (C=O) groups is 1. The van der Waals surface area contributed by atoms with E-state index in [4.69, 9.17) is 21.4 Å². The fourth-order valence-corrected chi connectivity index (χ4v) is 5.42. The topological polar surface area (TPSA) is 64.4 Å². The minimum atomic E-state index is -0.888. The molecular weight excluding hydrogens is 467 g/mol. The summed E-state index contributed by atoms with van der Waals surface area (Å²) in [6.45, 7) is 2.90. The molecule has 1 fully saturated rings. The van der Waals surface area contributed by atoms with Crippen molar-refractivity contribution < 1.29 is 19.0 Å². The molecule has 1 aromatic heterocycles. The first-order valence-electron chi connectivity index (χ1n) is 12.3. The third-order valence-corrected chi connectivity index (χ3v) is 7.35. The van der Waals surface area contributed by atoms with Crippen molar-refractivity contribution in [3.05, 3.63) is 65.1 Å². The number of ether oxygens (including phenoxy) is 1. The van der Waals surface area contributed by atoms with Crippen LogP contribution in [0, 0.1) is 17.7 Å². The zero-order valence-electron chi connectivity index (χ0n) is 20.2. The van der Waals surface area contributed by atoms with Crippen molar-refractivity contribution in [1.29, 1.82) is 0 Å². The van der Waals surface area contributed by atoms with E-state index in [1.807, 2.05) is 24.3 Å². The van der Waals surface area contributed by atoms with E-state index in [9.17, 15) is 14.3 Å². The Labute approximate surface area is 210 Å². The number of carboxylic acid groups (broad SMARTS) is 1. The van der Waals surface area contributed by atoms with Crippen molar-refractivity contribution in [3.63, 3.8) is 0 Å². The average Bonchev–Trinajstić information content (AvgIpc) is 3.20. The number of methoxy groups -OCH3 is 1. The summed E-state index contributed by atoms with van der Waals surface area (Å²) in [6.07, 6.45) is 4.56. The molecule has 5 nitrogen and oxygen atoms in total. The van der Waals surface area contributed by atoms with Crippen LogP contribution in [0.25, 0.3) is 22.4 Å². The normalized spacial score (nSPS) is 19.0. The summed E-state index contributed by atoms with van der Waals surface area (Å²) in [6, 6.07) is 15.0. The first-order valence-corrected chi connectivity index (χ1v) is 12.7. The van der Waals surface area contributed by atoms with Gasteiger partial charge in [0.1, 0.15) is 11.5 Å². The summed E-state index contributed by atoms with van der Waals surface area (Å²) >= 11 is 5.96. The number of carboxylic acids is 1. The van der Waals surface area contributed by atoms with E-state index in [1.54, 1.807) is 6.07 Å². The molecule has 0 spiro atoms. The first-order chi connectivity index (χ1) is 16.9. The molecule has 1 saturated carbocycles. The van der Waals surface area contributed by atoms with E-state index in [-0.39, 0.29) is 10.9 Å². The van der Waals surface area contributed by atoms with Crippen LogP contribution in [-0.4, -0.2) is 34.1 Å². The summed E-state index contributed by atoms with van der Waals surface area (Å²) in [5.41, 5.74) is 4.70. The second-order valence-corrected chi connectivity index (χ2v) is 9.78. The smallest absolute Gasteiger partial charge is 0.333 e. The van der Waals surface area contributed by atoms with Crippen molar-refractivity contribution in [3.8, 4) is 22.4 Å². The Morgan fingerprint density at radius 2 is 1.89 bits per heavy atom. The number of hydrogen-bond donors (Lipinski definition) is 1. The maximum absolute atomic E-state index is 14.4. The number of benzene rings is 2. The van der Waals surface area contributed by atoms with Gasteiger partial charge in [0, 0.05) is 30.5 Å². The molecule has 35 heavy (non-hydrogen) atoms. The summed E-state index contributed by atoms with van der Waals surface area (Å²) in [4.78, 5) is 11.5. The van der Waals surface area contributed by atoms with Crippen LogP contribution in [-0.2, 0) is 22.5 Å². The van der Waals surface area contributed by atoms with Crippen molar-refractivity contribution >= 4 is 17.6 Å². The van der Waals surface area contributed by atoms with E-state index in [0.717, 1.165) is 67.6 Å². The van der Waals surface area contributed by atoms with Gasteiger partial charge in [0.25, 0.3) is 0 Å². The maximum Gasteiger partial charge on any atom is 0.333 e. The predicted molar refractivity (Wildman–Crippen MR) is 136 cm³/mol. The van der Waals surface area contributed by atoms with Crippen LogP contribution in [0.5, 0.6) is 0 Å². The number of hydrogen-bond acceptors (Lipinski definition) is 3. The second kappa shape index (κ2) is 11.4. The predicted octanol–water partition coefficient (Wildman–Crippen LogP) is 6.87. The van der Waals surface area contributed by atoms with Gasteiger partial charge in [-0.1, -0.05) is 61.3 Å². The highest BCUT2D eigenvalue weighted by molar-refractivity contribution is 6.30. The van der Waals surface area contributed by atoms with Gasteiger partial charge in [-0.05, 0) is 61.6 Å². The van der Waals surface area contributed by atoms with Crippen LogP contribution in [0.2, 0.25) is 5.02 Å². The molecule has 1 heterocycles. The Morgan fingerprint density at radius 1 is 1.17 bits per heavy atom. The second-order valence-electron chi connectivity index (χ2n) is 9.37. The maximum atomic E-state index is 14.4. The standard InChI is InChI=1S/C28H32ClFN2O3/c1-3-7-24-25(19-8-5-4-6-9-19)26(21-14-15-22(29)23(30)16-21)31-32(24)17-18-10-12-20(13-11-18)27(35-2)28(33)34/h4-6,8-9,14-16,18,20,27H,3,7,10-13,17H2,1-2H3,(H,33,34). The Bertz CT molecular complexity index is 1160. The molecule has 1 aliphatic carbocycles. The molecule has 0 amide bonds. The lowest BCUT2D eigenvalue weighted by atomic mass is 9.79. The minimum Gasteiger partial charge on any atom is -0.479 e. The van der Waals surface area contributed by atoms with Crippen LogP contribution >= 0.6 is 11.6 Å². The van der Waals surface area contributed by atoms with Gasteiger partial charge in [-0.15, -0.1) is 0 Å². The average molecular weight is 499 g/mol. The lowest BCUT2D eigenvalue weighted by Crippen LogP contribution is -2.34. The van der Waals surface area contributed by atoms with Crippen LogP contribution < -0.4 is 0 Å². The molecule has 186 valence electrons. The highest BCUT2D eigenvalue weighted by Crippen LogP contribution is 2.38. The Kier molecular flexibility index (Phi) is 8.24. The quantitative estimate of drug-likeness (QED) is 0.349. The van der Waals surface area contributed by atoms with Gasteiger partial charge in [-0.2, -0.15) is 5.10 Å². The Hall–Kier alpha value is -2.70. The van der Waals surface area contributed by atoms with Gasteiger partial charge < -0.3 is 9.84 Å². The molecule has 1 unspecified atom stereocenters. The largest absolute Gasteiger partial charge is 0.479 e. The van der Waals surface area contributed by atoms with E-state index >= 15 is 0 Å². The molecule has 4 rings (SSSR count). The van der Waals surface area contributed by atoms with Gasteiger partial charge in [0.2, 0.25) is 0 Å². The molecule has 0 bridgehead atoms. The minimum absolute atomic E-state index is 0.0361. The Balaban J connectivity index is 1.68. The number of aliphatic carboxylic acids is 1. The van der Waals surface area contributed by atoms with Gasteiger partial charge in [-0.25, -0.2) is 9.18 Å². The molecular formula is C28H32ClFN2O3. The fraction of sp³-hybridized carbons (Fsp3) is 0.429. The van der Waals surface area contributed by atoms with E-state index in [2.05, 4.69) is 23.7 Å². The zero-order chi connectivity index (χ0) is 24.9. The molecule has 1 atom stereocenters. The van der Waals surface area contributed by atoms with E-state index in [0.29, 0.717) is 11.5 Å². The molecule has 1 N–H and O–H groups in total. The van der Waals surface area contributed by atoms with E-state index in [1.165, 1.54) is 13.2 Å². The number of rotatable bonds is 9. The van der Waals surface area contributed by atoms with Gasteiger partial charge in [-0.3, -0.25) is 4.68 Å². The summed E-state index contributed by atoms with van der Waals surface area (Å²) in [5, 5.41) is 14.6. The van der Waals surface area contributed by atoms with Crippen LogP contribution in [0.1, 0.15) is 44.7 Å². The lowest BCUT2D eigenvalue weighted by molar-refractivity contribution is -0.153. The van der Waals surface area contributed by atoms with Crippen molar-refractivity contribution in [2.45, 2.75) is 58.1 Å². The molecule has 7 heteroatoms. The molecule has 1 aliphatic rings. The van der Waals surface area contributed by atoms with Crippen molar-refractivity contribution in [1.82, 2.24) is 9.78 Å². The number of halogens is 2. The summed E-state index contributed by atoms with van der Waals surface area (Å²) in [7, 11) is 1.47. The molecule has 2 aromatic carbocycles. The number of aromatic nitrogens is 2. The monoisotopic (exact) mass is 498 g/mol. The lowest BCUT2D eigenvalue weighted by Gasteiger charge is -2.31. The molecule has 3 aromatic rings. The third-order valence-electron chi connectivity index (χ3n) is 7.05.